The lowest BCUT2D eigenvalue weighted by Gasteiger charge is -2.12. The van der Waals surface area contributed by atoms with Crippen LogP contribution in [-0.2, 0) is 19.1 Å². The fraction of sp³-hybridized carbons (Fsp3) is 0.714. The number of carbonyl (C=O) groups is 2. The van der Waals surface area contributed by atoms with Crippen LogP contribution < -0.4 is 0 Å². The van der Waals surface area contributed by atoms with E-state index in [1.165, 1.54) is 70.6 Å². The van der Waals surface area contributed by atoms with Gasteiger partial charge in [-0.05, 0) is 50.9 Å². The number of allylic oxidation sites excluding steroid dienone is 9. The molecule has 0 radical (unpaired) electrons. The summed E-state index contributed by atoms with van der Waals surface area (Å²) in [5.41, 5.74) is 0. The van der Waals surface area contributed by atoms with E-state index >= 15 is 0 Å². The number of hydrogen-bond acceptors (Lipinski definition) is 6. The monoisotopic (exact) mass is 673 g/mol. The molecule has 0 heterocycles. The summed E-state index contributed by atoms with van der Waals surface area (Å²) in [5.74, 6) is 0.0732. The summed E-state index contributed by atoms with van der Waals surface area (Å²) in [4.78, 5) is 23.9. The number of hydrogen-bond donors (Lipinski definition) is 2. The maximum atomic E-state index is 12.0. The van der Waals surface area contributed by atoms with Crippen LogP contribution in [0.1, 0.15) is 162 Å². The van der Waals surface area contributed by atoms with E-state index in [0.717, 1.165) is 50.9 Å². The first-order valence-electron chi connectivity index (χ1n) is 19.3. The van der Waals surface area contributed by atoms with Crippen LogP contribution in [0.3, 0.4) is 0 Å². The average Bonchev–Trinajstić information content (AvgIpc) is 3.06. The lowest BCUT2D eigenvalue weighted by molar-refractivity contribution is -0.152. The van der Waals surface area contributed by atoms with E-state index in [0.29, 0.717) is 19.3 Å². The molecule has 0 rings (SSSR count). The van der Waals surface area contributed by atoms with Crippen molar-refractivity contribution in [1.82, 2.24) is 0 Å². The summed E-state index contributed by atoms with van der Waals surface area (Å²) in [6.45, 7) is 6.35. The largest absolute Gasteiger partial charge is 0.463 e. The van der Waals surface area contributed by atoms with Gasteiger partial charge in [0.1, 0.15) is 19.3 Å². The first-order valence-corrected chi connectivity index (χ1v) is 19.3. The zero-order valence-corrected chi connectivity index (χ0v) is 31.0. The normalized spacial score (nSPS) is 13.6. The highest BCUT2D eigenvalue weighted by Gasteiger charge is 2.12. The maximum Gasteiger partial charge on any atom is 0.305 e. The number of carbonyl (C=O) groups excluding carboxylic acids is 2. The molecule has 6 nitrogen and oxygen atoms in total. The average molecular weight is 673 g/mol. The van der Waals surface area contributed by atoms with Crippen LogP contribution in [0.5, 0.6) is 0 Å². The highest BCUT2D eigenvalue weighted by Crippen LogP contribution is 2.15. The minimum absolute atomic E-state index is 0.153. The van der Waals surface area contributed by atoms with Crippen molar-refractivity contribution in [3.63, 3.8) is 0 Å². The Kier molecular flexibility index (Phi) is 34.0. The van der Waals surface area contributed by atoms with E-state index in [1.54, 1.807) is 6.08 Å². The second-order valence-electron chi connectivity index (χ2n) is 13.4. The Labute approximate surface area is 294 Å². The topological polar surface area (TPSA) is 93.1 Å². The van der Waals surface area contributed by atoms with Crippen LogP contribution in [0.2, 0.25) is 0 Å². The molecule has 0 aliphatic heterocycles. The second kappa shape index (κ2) is 35.9. The number of esters is 2. The van der Waals surface area contributed by atoms with Gasteiger partial charge in [-0.15, -0.1) is 0 Å². The number of aliphatic hydroxyl groups excluding tert-OH is 2. The predicted octanol–water partition coefficient (Wildman–Crippen LogP) is 10.8. The van der Waals surface area contributed by atoms with E-state index in [4.69, 9.17) is 9.47 Å². The molecule has 0 spiro atoms. The Morgan fingerprint density at radius 3 is 1.48 bits per heavy atom. The molecule has 0 aliphatic carbocycles. The van der Waals surface area contributed by atoms with Gasteiger partial charge in [-0.3, -0.25) is 9.59 Å². The van der Waals surface area contributed by atoms with E-state index < -0.39 is 18.2 Å². The molecule has 0 saturated heterocycles. The SMILES string of the molecule is CC/C=C\C/C=C\C/C=C\C/C=C\C=C\C(O)CCCC(=O)OC[C@H](O)COC(=O)CCCCCCCCCCCCCCCC(C)C. The molecule has 0 fully saturated rings. The summed E-state index contributed by atoms with van der Waals surface area (Å²) in [6, 6.07) is 0. The summed E-state index contributed by atoms with van der Waals surface area (Å²) < 4.78 is 10.2. The number of aliphatic hydroxyl groups is 2. The maximum absolute atomic E-state index is 12.0. The summed E-state index contributed by atoms with van der Waals surface area (Å²) >= 11 is 0. The molecule has 276 valence electrons. The first-order chi connectivity index (χ1) is 23.3. The highest BCUT2D eigenvalue weighted by atomic mass is 16.6. The lowest BCUT2D eigenvalue weighted by Crippen LogP contribution is -2.25. The molecule has 1 unspecified atom stereocenters. The van der Waals surface area contributed by atoms with Crippen LogP contribution in [0.4, 0.5) is 0 Å². The molecule has 0 aromatic rings. The van der Waals surface area contributed by atoms with Crippen molar-refractivity contribution in [1.29, 1.82) is 0 Å². The molecule has 0 saturated carbocycles. The van der Waals surface area contributed by atoms with E-state index in [-0.39, 0.29) is 25.6 Å². The van der Waals surface area contributed by atoms with Gasteiger partial charge in [-0.25, -0.2) is 0 Å². The van der Waals surface area contributed by atoms with Crippen LogP contribution in [0.15, 0.2) is 60.8 Å². The number of unbranched alkanes of at least 4 members (excludes halogenated alkanes) is 12. The minimum atomic E-state index is -1.04. The molecule has 48 heavy (non-hydrogen) atoms. The minimum Gasteiger partial charge on any atom is -0.463 e. The second-order valence-corrected chi connectivity index (χ2v) is 13.4. The van der Waals surface area contributed by atoms with Gasteiger partial charge in [-0.2, -0.15) is 0 Å². The van der Waals surface area contributed by atoms with Gasteiger partial charge in [0.15, 0.2) is 0 Å². The first kappa shape index (κ1) is 45.6. The Hall–Kier alpha value is -2.44. The van der Waals surface area contributed by atoms with E-state index in [1.807, 2.05) is 18.2 Å². The predicted molar refractivity (Wildman–Crippen MR) is 202 cm³/mol. The van der Waals surface area contributed by atoms with Gasteiger partial charge in [0.05, 0.1) is 6.10 Å². The number of rotatable bonds is 33. The lowest BCUT2D eigenvalue weighted by atomic mass is 10.0. The fourth-order valence-corrected chi connectivity index (χ4v) is 5.12. The smallest absolute Gasteiger partial charge is 0.305 e. The molecule has 0 bridgehead atoms. The molecule has 0 aromatic heterocycles. The van der Waals surface area contributed by atoms with Crippen LogP contribution in [-0.4, -0.2) is 47.6 Å². The molecular weight excluding hydrogens is 600 g/mol. The fourth-order valence-electron chi connectivity index (χ4n) is 5.12. The van der Waals surface area contributed by atoms with Gasteiger partial charge in [0, 0.05) is 12.8 Å². The molecule has 2 atom stereocenters. The van der Waals surface area contributed by atoms with Gasteiger partial charge >= 0.3 is 11.9 Å². The van der Waals surface area contributed by atoms with Gasteiger partial charge in [0.2, 0.25) is 0 Å². The quantitative estimate of drug-likeness (QED) is 0.0312. The molecular formula is C42H72O6. The zero-order valence-electron chi connectivity index (χ0n) is 31.0. The number of ether oxygens (including phenoxy) is 2. The van der Waals surface area contributed by atoms with Crippen LogP contribution in [0.25, 0.3) is 0 Å². The zero-order chi connectivity index (χ0) is 35.3. The standard InChI is InChI=1S/C42H72O6/c1-4-5-6-7-8-9-10-12-16-19-22-25-28-32-39(43)33-30-35-42(46)48-37-40(44)36-47-41(45)34-29-26-23-20-17-14-11-13-15-18-21-24-27-31-38(2)3/h5-6,8-9,12,16,22,25,28,32,38-40,43-44H,4,7,10-11,13-15,17-21,23-24,26-27,29-31,33-37H2,1-3H3/b6-5-,9-8-,16-12-,25-22-,32-28+/t39?,40-/m1/s1. The molecule has 0 amide bonds. The Morgan fingerprint density at radius 1 is 0.542 bits per heavy atom. The highest BCUT2D eigenvalue weighted by molar-refractivity contribution is 5.69. The van der Waals surface area contributed by atoms with Crippen molar-refractivity contribution in [3.05, 3.63) is 60.8 Å². The summed E-state index contributed by atoms with van der Waals surface area (Å²) in [5, 5.41) is 20.1. The third kappa shape index (κ3) is 36.4. The van der Waals surface area contributed by atoms with Crippen molar-refractivity contribution in [2.45, 2.75) is 174 Å². The van der Waals surface area contributed by atoms with Crippen molar-refractivity contribution in [3.8, 4) is 0 Å². The van der Waals surface area contributed by atoms with E-state index in [9.17, 15) is 19.8 Å². The summed E-state index contributed by atoms with van der Waals surface area (Å²) in [6.07, 6.45) is 41.7. The van der Waals surface area contributed by atoms with Gasteiger partial charge in [0.25, 0.3) is 0 Å². The van der Waals surface area contributed by atoms with Crippen molar-refractivity contribution in [2.75, 3.05) is 13.2 Å². The molecule has 6 heteroatoms. The third-order valence-electron chi connectivity index (χ3n) is 8.05. The Balaban J connectivity index is 3.64. The molecule has 0 aliphatic rings. The van der Waals surface area contributed by atoms with Crippen molar-refractivity contribution >= 4 is 11.9 Å². The Bertz CT molecular complexity index is 885. The van der Waals surface area contributed by atoms with Crippen LogP contribution >= 0.6 is 0 Å². The van der Waals surface area contributed by atoms with Crippen LogP contribution in [0, 0.1) is 5.92 Å². The molecule has 0 aromatic carbocycles. The van der Waals surface area contributed by atoms with E-state index in [2.05, 4.69) is 57.2 Å². The molecule has 2 N–H and O–H groups in total. The van der Waals surface area contributed by atoms with Gasteiger partial charge < -0.3 is 19.7 Å². The van der Waals surface area contributed by atoms with Gasteiger partial charge in [-0.1, -0.05) is 165 Å². The van der Waals surface area contributed by atoms with Crippen molar-refractivity contribution < 1.29 is 29.3 Å². The van der Waals surface area contributed by atoms with Crippen molar-refractivity contribution in [2.24, 2.45) is 5.92 Å². The third-order valence-corrected chi connectivity index (χ3v) is 8.05. The Morgan fingerprint density at radius 2 is 0.979 bits per heavy atom. The summed E-state index contributed by atoms with van der Waals surface area (Å²) in [7, 11) is 0.